The van der Waals surface area contributed by atoms with Gasteiger partial charge in [-0.25, -0.2) is 9.59 Å². The van der Waals surface area contributed by atoms with Crippen molar-refractivity contribution in [2.75, 3.05) is 39.4 Å². The highest BCUT2D eigenvalue weighted by atomic mass is 35.5. The average Bonchev–Trinajstić information content (AvgIpc) is 3.93. The Morgan fingerprint density at radius 3 is 1.55 bits per heavy atom. The summed E-state index contributed by atoms with van der Waals surface area (Å²) in [5.41, 5.74) is 8.85. The van der Waals surface area contributed by atoms with Crippen molar-refractivity contribution < 1.29 is 28.9 Å². The normalized spacial score (nSPS) is 17.0. The lowest BCUT2D eigenvalue weighted by molar-refractivity contribution is -0.0432. The first kappa shape index (κ1) is 40.5. The van der Waals surface area contributed by atoms with Gasteiger partial charge in [0, 0.05) is 45.4 Å². The van der Waals surface area contributed by atoms with Crippen molar-refractivity contribution in [2.45, 2.75) is 38.6 Å². The maximum absolute atomic E-state index is 12.4. The number of aromatic amines is 2. The molecule has 4 heterocycles. The van der Waals surface area contributed by atoms with Gasteiger partial charge >= 0.3 is 12.2 Å². The van der Waals surface area contributed by atoms with E-state index >= 15 is 0 Å². The predicted octanol–water partition coefficient (Wildman–Crippen LogP) is 10.2. The SMILES string of the molecule is CC(C)(C)OC(=O)N1CCOC(c2ccc(-c3cc(-c4cccc(Cl)c4)[nH]n3)cc2)C1.O=C(O)N1CCOC(c2ccc(-c3cc(-c4cccc(Cl)c4)[nH]n3)cc2)C1. The van der Waals surface area contributed by atoms with Crippen LogP contribution in [-0.4, -0.2) is 92.5 Å². The van der Waals surface area contributed by atoms with E-state index in [1.165, 1.54) is 4.90 Å². The van der Waals surface area contributed by atoms with E-state index in [9.17, 15) is 9.59 Å². The van der Waals surface area contributed by atoms with E-state index in [4.69, 9.17) is 42.5 Å². The molecule has 6 aromatic rings. The largest absolute Gasteiger partial charge is 0.465 e. The van der Waals surface area contributed by atoms with Crippen LogP contribution in [-0.2, 0) is 14.2 Å². The van der Waals surface area contributed by atoms with Gasteiger partial charge in [-0.1, -0.05) is 96.0 Å². The van der Waals surface area contributed by atoms with Crippen LogP contribution in [0.3, 0.4) is 0 Å². The molecule has 3 N–H and O–H groups in total. The molecule has 8 rings (SSSR count). The highest BCUT2D eigenvalue weighted by Gasteiger charge is 2.29. The molecule has 0 bridgehead atoms. The van der Waals surface area contributed by atoms with Gasteiger partial charge in [0.25, 0.3) is 0 Å². The van der Waals surface area contributed by atoms with Crippen molar-refractivity contribution in [2.24, 2.45) is 0 Å². The van der Waals surface area contributed by atoms with Crippen LogP contribution < -0.4 is 0 Å². The molecule has 2 unspecified atom stereocenters. The Balaban J connectivity index is 0.000000178. The number of H-pyrrole nitrogens is 2. The Hall–Kier alpha value is -5.66. The van der Waals surface area contributed by atoms with Crippen LogP contribution in [0.5, 0.6) is 0 Å². The lowest BCUT2D eigenvalue weighted by atomic mass is 10.0. The van der Waals surface area contributed by atoms with E-state index in [0.717, 1.165) is 56.2 Å². The molecule has 2 aliphatic heterocycles. The number of hydrogen-bond donors (Lipinski definition) is 3. The van der Waals surface area contributed by atoms with Gasteiger partial charge in [-0.2, -0.15) is 10.2 Å². The Kier molecular flexibility index (Phi) is 12.5. The van der Waals surface area contributed by atoms with Crippen LogP contribution in [0.1, 0.15) is 44.1 Å². The molecule has 0 saturated carbocycles. The van der Waals surface area contributed by atoms with E-state index in [1.807, 2.05) is 130 Å². The lowest BCUT2D eigenvalue weighted by Gasteiger charge is -2.34. The maximum atomic E-state index is 12.4. The third kappa shape index (κ3) is 10.3. The second-order valence-corrected chi connectivity index (χ2v) is 15.8. The van der Waals surface area contributed by atoms with Gasteiger partial charge in [0.05, 0.1) is 49.1 Å². The van der Waals surface area contributed by atoms with Crippen molar-refractivity contribution in [3.63, 3.8) is 0 Å². The first-order chi connectivity index (χ1) is 27.9. The van der Waals surface area contributed by atoms with Crippen LogP contribution in [0, 0.1) is 0 Å². The number of halogens is 2. The molecular weight excluding hydrogens is 779 g/mol. The van der Waals surface area contributed by atoms with Crippen molar-refractivity contribution in [3.05, 3.63) is 130 Å². The van der Waals surface area contributed by atoms with E-state index < -0.39 is 11.7 Å². The molecule has 2 amide bonds. The molecule has 300 valence electrons. The standard InChI is InChI=1S/C24H26ClN3O3.C20H18ClN3O3/c1-24(2,3)31-23(29)28-11-12-30-22(15-28)17-9-7-16(8-10-17)20-14-21(27-26-20)18-5-4-6-19(25)13-18;21-16-3-1-2-15(10-16)18-11-17(22-23-18)13-4-6-14(7-5-13)19-12-24(20(25)26)8-9-27-19/h4-10,13-14,22H,11-12,15H2,1-3H3,(H,26,27);1-7,10-11,19H,8-9,12H2,(H,22,23)(H,25,26). The Morgan fingerprint density at radius 1 is 0.672 bits per heavy atom. The monoisotopic (exact) mass is 822 g/mol. The van der Waals surface area contributed by atoms with Crippen LogP contribution in [0.2, 0.25) is 10.0 Å². The molecule has 12 nitrogen and oxygen atoms in total. The maximum Gasteiger partial charge on any atom is 0.410 e. The molecule has 2 fully saturated rings. The van der Waals surface area contributed by atoms with Crippen LogP contribution in [0.25, 0.3) is 45.0 Å². The third-order valence-electron chi connectivity index (χ3n) is 9.64. The minimum Gasteiger partial charge on any atom is -0.465 e. The highest BCUT2D eigenvalue weighted by Crippen LogP contribution is 2.31. The fourth-order valence-electron chi connectivity index (χ4n) is 6.65. The molecule has 2 saturated heterocycles. The molecule has 2 aromatic heterocycles. The van der Waals surface area contributed by atoms with E-state index in [1.54, 1.807) is 4.90 Å². The molecule has 0 aliphatic carbocycles. The predicted molar refractivity (Wildman–Crippen MR) is 224 cm³/mol. The summed E-state index contributed by atoms with van der Waals surface area (Å²) < 4.78 is 17.1. The van der Waals surface area contributed by atoms with E-state index in [0.29, 0.717) is 49.4 Å². The number of carboxylic acid groups (broad SMARTS) is 1. The van der Waals surface area contributed by atoms with Gasteiger partial charge in [0.15, 0.2) is 0 Å². The molecule has 14 heteroatoms. The van der Waals surface area contributed by atoms with Gasteiger partial charge in [0.1, 0.15) is 17.8 Å². The summed E-state index contributed by atoms with van der Waals surface area (Å²) in [6.07, 6.45) is -1.64. The summed E-state index contributed by atoms with van der Waals surface area (Å²) in [6, 6.07) is 35.1. The van der Waals surface area contributed by atoms with Crippen molar-refractivity contribution >= 4 is 35.4 Å². The summed E-state index contributed by atoms with van der Waals surface area (Å²) in [4.78, 5) is 26.6. The number of hydrogen-bond acceptors (Lipinski definition) is 7. The number of benzene rings is 4. The zero-order chi connectivity index (χ0) is 40.8. The number of ether oxygens (including phenoxy) is 3. The summed E-state index contributed by atoms with van der Waals surface area (Å²) in [5.74, 6) is 0. The Morgan fingerprint density at radius 2 is 1.12 bits per heavy atom. The number of amides is 2. The number of morpholine rings is 2. The molecule has 58 heavy (non-hydrogen) atoms. The fraction of sp³-hybridized carbons (Fsp3) is 0.273. The number of carbonyl (C=O) groups excluding carboxylic acids is 1. The van der Waals surface area contributed by atoms with E-state index in [-0.39, 0.29) is 18.3 Å². The molecular formula is C44H44Cl2N6O6. The zero-order valence-corrected chi connectivity index (χ0v) is 33.8. The summed E-state index contributed by atoms with van der Waals surface area (Å²) >= 11 is 12.1. The topological polar surface area (TPSA) is 146 Å². The average molecular weight is 824 g/mol. The smallest absolute Gasteiger partial charge is 0.410 e. The zero-order valence-electron chi connectivity index (χ0n) is 32.3. The Bertz CT molecular complexity index is 2340. The van der Waals surface area contributed by atoms with Gasteiger partial charge < -0.3 is 29.1 Å². The first-order valence-corrected chi connectivity index (χ1v) is 19.7. The van der Waals surface area contributed by atoms with Crippen molar-refractivity contribution in [1.29, 1.82) is 0 Å². The second kappa shape index (κ2) is 17.9. The quantitative estimate of drug-likeness (QED) is 0.151. The third-order valence-corrected chi connectivity index (χ3v) is 10.1. The van der Waals surface area contributed by atoms with Gasteiger partial charge in [-0.05, 0) is 68.3 Å². The van der Waals surface area contributed by atoms with Crippen LogP contribution >= 0.6 is 23.2 Å². The fourth-order valence-corrected chi connectivity index (χ4v) is 7.03. The molecule has 2 aliphatic rings. The minimum atomic E-state index is -0.912. The van der Waals surface area contributed by atoms with Gasteiger partial charge in [-0.15, -0.1) is 0 Å². The van der Waals surface area contributed by atoms with Crippen LogP contribution in [0.15, 0.2) is 109 Å². The molecule has 2 atom stereocenters. The number of nitrogens with zero attached hydrogens (tertiary/aromatic N) is 4. The second-order valence-electron chi connectivity index (χ2n) is 15.0. The van der Waals surface area contributed by atoms with Gasteiger partial charge in [0.2, 0.25) is 0 Å². The number of rotatable bonds is 6. The summed E-state index contributed by atoms with van der Waals surface area (Å²) in [5, 5.41) is 25.5. The molecule has 0 radical (unpaired) electrons. The summed E-state index contributed by atoms with van der Waals surface area (Å²) in [7, 11) is 0. The highest BCUT2D eigenvalue weighted by molar-refractivity contribution is 6.31. The van der Waals surface area contributed by atoms with Crippen molar-refractivity contribution in [3.8, 4) is 45.0 Å². The lowest BCUT2D eigenvalue weighted by Crippen LogP contribution is -2.44. The number of nitrogens with one attached hydrogen (secondary N) is 2. The Labute approximate surface area is 346 Å². The van der Waals surface area contributed by atoms with Gasteiger partial charge in [-0.3, -0.25) is 10.2 Å². The van der Waals surface area contributed by atoms with Crippen molar-refractivity contribution in [1.82, 2.24) is 30.2 Å². The molecule has 4 aromatic carbocycles. The number of carbonyl (C=O) groups is 2. The summed E-state index contributed by atoms with van der Waals surface area (Å²) in [6.45, 7) is 8.24. The van der Waals surface area contributed by atoms with Crippen LogP contribution in [0.4, 0.5) is 9.59 Å². The van der Waals surface area contributed by atoms with E-state index in [2.05, 4.69) is 20.4 Å². The minimum absolute atomic E-state index is 0.184. The number of aromatic nitrogens is 4. The molecule has 0 spiro atoms. The first-order valence-electron chi connectivity index (χ1n) is 18.9.